The highest BCUT2D eigenvalue weighted by Gasteiger charge is 2.25. The van der Waals surface area contributed by atoms with E-state index in [0.717, 1.165) is 57.3 Å². The third-order valence-corrected chi connectivity index (χ3v) is 7.92. The second-order valence-corrected chi connectivity index (χ2v) is 10.2. The van der Waals surface area contributed by atoms with Crippen LogP contribution in [0.5, 0.6) is 0 Å². The van der Waals surface area contributed by atoms with Crippen LogP contribution < -0.4 is 5.32 Å². The Kier molecular flexibility index (Phi) is 8.09. The van der Waals surface area contributed by atoms with E-state index in [2.05, 4.69) is 17.1 Å². The first-order valence-corrected chi connectivity index (χ1v) is 12.5. The summed E-state index contributed by atoms with van der Waals surface area (Å²) in [6.45, 7) is 6.69. The van der Waals surface area contributed by atoms with Crippen LogP contribution >= 0.6 is 0 Å². The van der Waals surface area contributed by atoms with Crippen molar-refractivity contribution >= 4 is 15.9 Å². The number of hydrogen-bond acceptors (Lipinski definition) is 4. The first kappa shape index (κ1) is 22.2. The fraction of sp³-hybridized carbons (Fsp3) is 0.682. The number of likely N-dealkylation sites (tertiary alicyclic amines) is 1. The summed E-state index contributed by atoms with van der Waals surface area (Å²) in [5, 5.41) is 3.16. The Balaban J connectivity index is 1.44. The molecule has 2 aliphatic heterocycles. The van der Waals surface area contributed by atoms with E-state index < -0.39 is 10.0 Å². The minimum absolute atomic E-state index is 0.0870. The van der Waals surface area contributed by atoms with Gasteiger partial charge in [0.1, 0.15) is 0 Å². The molecule has 2 aliphatic rings. The van der Waals surface area contributed by atoms with Gasteiger partial charge in [0.2, 0.25) is 15.9 Å². The second-order valence-electron chi connectivity index (χ2n) is 8.29. The van der Waals surface area contributed by atoms with E-state index >= 15 is 0 Å². The summed E-state index contributed by atoms with van der Waals surface area (Å²) in [5.41, 5.74) is 0.996. The predicted octanol–water partition coefficient (Wildman–Crippen LogP) is 2.78. The molecule has 0 atom stereocenters. The maximum absolute atomic E-state index is 12.7. The molecule has 1 aromatic rings. The topological polar surface area (TPSA) is 69.7 Å². The van der Waals surface area contributed by atoms with Crippen LogP contribution in [0.4, 0.5) is 0 Å². The summed E-state index contributed by atoms with van der Waals surface area (Å²) in [6.07, 6.45) is 7.26. The lowest BCUT2D eigenvalue weighted by Crippen LogP contribution is -2.44. The molecule has 1 N–H and O–H groups in total. The Morgan fingerprint density at radius 3 is 2.31 bits per heavy atom. The van der Waals surface area contributed by atoms with Crippen LogP contribution in [0.15, 0.2) is 29.2 Å². The molecule has 162 valence electrons. The Hall–Kier alpha value is -1.44. The van der Waals surface area contributed by atoms with Crippen molar-refractivity contribution < 1.29 is 13.2 Å². The number of hydrogen-bond donors (Lipinski definition) is 1. The van der Waals surface area contributed by atoms with E-state index in [9.17, 15) is 13.2 Å². The first-order chi connectivity index (χ1) is 14.0. The first-order valence-electron chi connectivity index (χ1n) is 11.1. The van der Waals surface area contributed by atoms with Crippen LogP contribution in [-0.4, -0.2) is 62.3 Å². The van der Waals surface area contributed by atoms with Crippen molar-refractivity contribution in [2.24, 2.45) is 0 Å². The van der Waals surface area contributed by atoms with Crippen LogP contribution in [0.3, 0.4) is 0 Å². The third kappa shape index (κ3) is 6.27. The standard InChI is InChI=1S/C22H35N3O3S/c1-2-14-24-17-12-20(13-18-24)23-22(26)11-8-19-6-9-21(10-7-19)29(27,28)25-15-4-3-5-16-25/h6-7,9-10,20H,2-5,8,11-18H2,1H3,(H,23,26). The monoisotopic (exact) mass is 421 g/mol. The van der Waals surface area contributed by atoms with Crippen LogP contribution in [0.1, 0.15) is 57.4 Å². The van der Waals surface area contributed by atoms with Gasteiger partial charge in [0.15, 0.2) is 0 Å². The zero-order valence-electron chi connectivity index (χ0n) is 17.6. The molecule has 3 rings (SSSR count). The number of aryl methyl sites for hydroxylation is 1. The summed E-state index contributed by atoms with van der Waals surface area (Å²) in [6, 6.07) is 7.33. The highest BCUT2D eigenvalue weighted by molar-refractivity contribution is 7.89. The minimum Gasteiger partial charge on any atom is -0.353 e. The van der Waals surface area contributed by atoms with E-state index in [1.807, 2.05) is 12.1 Å². The molecule has 0 saturated carbocycles. The SMILES string of the molecule is CCCN1CCC(NC(=O)CCc2ccc(S(=O)(=O)N3CCCCC3)cc2)CC1. The Bertz CT molecular complexity index is 750. The van der Waals surface area contributed by atoms with Gasteiger partial charge in [0.05, 0.1) is 4.90 Å². The molecule has 0 radical (unpaired) electrons. The fourth-order valence-corrected chi connectivity index (χ4v) is 5.77. The average molecular weight is 422 g/mol. The van der Waals surface area contributed by atoms with Gasteiger partial charge in [-0.2, -0.15) is 4.31 Å². The number of nitrogens with one attached hydrogen (secondary N) is 1. The molecule has 0 bridgehead atoms. The number of amides is 1. The third-order valence-electron chi connectivity index (χ3n) is 6.01. The maximum Gasteiger partial charge on any atom is 0.243 e. The molecule has 2 fully saturated rings. The van der Waals surface area contributed by atoms with Gasteiger partial charge >= 0.3 is 0 Å². The molecule has 6 nitrogen and oxygen atoms in total. The van der Waals surface area contributed by atoms with Crippen LogP contribution in [0.25, 0.3) is 0 Å². The van der Waals surface area contributed by atoms with Crippen molar-refractivity contribution in [2.75, 3.05) is 32.7 Å². The quantitative estimate of drug-likeness (QED) is 0.701. The molecule has 0 unspecified atom stereocenters. The van der Waals surface area contributed by atoms with E-state index in [1.54, 1.807) is 16.4 Å². The van der Waals surface area contributed by atoms with E-state index in [1.165, 1.54) is 6.42 Å². The molecule has 2 heterocycles. The summed E-state index contributed by atoms with van der Waals surface area (Å²) in [4.78, 5) is 15.1. The Morgan fingerprint density at radius 2 is 1.69 bits per heavy atom. The van der Waals surface area contributed by atoms with Crippen molar-refractivity contribution in [1.82, 2.24) is 14.5 Å². The number of rotatable bonds is 8. The number of benzene rings is 1. The molecule has 1 aromatic carbocycles. The fourth-order valence-electron chi connectivity index (χ4n) is 4.26. The maximum atomic E-state index is 12.7. The second kappa shape index (κ2) is 10.5. The zero-order valence-corrected chi connectivity index (χ0v) is 18.4. The van der Waals surface area contributed by atoms with E-state index in [0.29, 0.717) is 30.8 Å². The number of carbonyl (C=O) groups is 1. The number of carbonyl (C=O) groups excluding carboxylic acids is 1. The van der Waals surface area contributed by atoms with Gasteiger partial charge in [-0.05, 0) is 62.8 Å². The van der Waals surface area contributed by atoms with Gasteiger partial charge in [-0.15, -0.1) is 0 Å². The highest BCUT2D eigenvalue weighted by atomic mass is 32.2. The molecule has 0 spiro atoms. The van der Waals surface area contributed by atoms with Crippen LogP contribution in [0, 0.1) is 0 Å². The number of piperidine rings is 2. The van der Waals surface area contributed by atoms with Gasteiger partial charge in [-0.25, -0.2) is 8.42 Å². The van der Waals surface area contributed by atoms with Gasteiger partial charge in [0.25, 0.3) is 0 Å². The zero-order chi connectivity index (χ0) is 20.7. The van der Waals surface area contributed by atoms with Crippen molar-refractivity contribution in [2.45, 2.75) is 69.2 Å². The lowest BCUT2D eigenvalue weighted by molar-refractivity contribution is -0.122. The molecule has 0 aliphatic carbocycles. The molecule has 1 amide bonds. The molecule has 29 heavy (non-hydrogen) atoms. The smallest absolute Gasteiger partial charge is 0.243 e. The van der Waals surface area contributed by atoms with E-state index in [4.69, 9.17) is 0 Å². The molecule has 2 saturated heterocycles. The van der Waals surface area contributed by atoms with Gasteiger partial charge < -0.3 is 10.2 Å². The lowest BCUT2D eigenvalue weighted by atomic mass is 10.0. The van der Waals surface area contributed by atoms with Crippen molar-refractivity contribution in [1.29, 1.82) is 0 Å². The van der Waals surface area contributed by atoms with Crippen molar-refractivity contribution in [3.63, 3.8) is 0 Å². The normalized spacial score (nSPS) is 19.9. The van der Waals surface area contributed by atoms with Gasteiger partial charge in [0, 0.05) is 38.6 Å². The number of sulfonamides is 1. The van der Waals surface area contributed by atoms with Gasteiger partial charge in [-0.1, -0.05) is 25.5 Å². The molecular formula is C22H35N3O3S. The summed E-state index contributed by atoms with van der Waals surface area (Å²) in [5.74, 6) is 0.0870. The van der Waals surface area contributed by atoms with Crippen molar-refractivity contribution in [3.8, 4) is 0 Å². The molecule has 7 heteroatoms. The van der Waals surface area contributed by atoms with Crippen molar-refractivity contribution in [3.05, 3.63) is 29.8 Å². The van der Waals surface area contributed by atoms with E-state index in [-0.39, 0.29) is 11.9 Å². The largest absolute Gasteiger partial charge is 0.353 e. The van der Waals surface area contributed by atoms with Crippen LogP contribution in [-0.2, 0) is 21.2 Å². The van der Waals surface area contributed by atoms with Gasteiger partial charge in [-0.3, -0.25) is 4.79 Å². The van der Waals surface area contributed by atoms with Crippen LogP contribution in [0.2, 0.25) is 0 Å². The average Bonchev–Trinajstić information content (AvgIpc) is 2.75. The Morgan fingerprint density at radius 1 is 1.03 bits per heavy atom. The summed E-state index contributed by atoms with van der Waals surface area (Å²) >= 11 is 0. The summed E-state index contributed by atoms with van der Waals surface area (Å²) in [7, 11) is -3.39. The minimum atomic E-state index is -3.39. The predicted molar refractivity (Wildman–Crippen MR) is 115 cm³/mol. The highest BCUT2D eigenvalue weighted by Crippen LogP contribution is 2.21. The Labute approximate surface area is 175 Å². The molecule has 0 aromatic heterocycles. The lowest BCUT2D eigenvalue weighted by Gasteiger charge is -2.32. The summed E-state index contributed by atoms with van der Waals surface area (Å²) < 4.78 is 27.0. The molecular weight excluding hydrogens is 386 g/mol. The number of nitrogens with zero attached hydrogens (tertiary/aromatic N) is 2.